The van der Waals surface area contributed by atoms with E-state index in [9.17, 15) is 9.59 Å². The van der Waals surface area contributed by atoms with Gasteiger partial charge in [-0.3, -0.25) is 4.79 Å². The zero-order valence-corrected chi connectivity index (χ0v) is 17.4. The summed E-state index contributed by atoms with van der Waals surface area (Å²) in [5.74, 6) is -0.190. The molecule has 1 aromatic rings. The molecule has 2 aliphatic carbocycles. The first-order chi connectivity index (χ1) is 12.2. The first kappa shape index (κ1) is 19.4. The van der Waals surface area contributed by atoms with E-state index in [4.69, 9.17) is 4.74 Å². The maximum Gasteiger partial charge on any atom is 0.338 e. The van der Waals surface area contributed by atoms with Gasteiger partial charge >= 0.3 is 5.97 Å². The molecule has 0 radical (unpaired) electrons. The van der Waals surface area contributed by atoms with Gasteiger partial charge in [0.1, 0.15) is 6.10 Å². The van der Waals surface area contributed by atoms with Crippen molar-refractivity contribution in [3.05, 3.63) is 34.3 Å². The predicted molar refractivity (Wildman–Crippen MR) is 105 cm³/mol. The highest BCUT2D eigenvalue weighted by molar-refractivity contribution is 9.10. The van der Waals surface area contributed by atoms with Gasteiger partial charge in [-0.05, 0) is 56.4 Å². The van der Waals surface area contributed by atoms with Crippen molar-refractivity contribution >= 4 is 27.8 Å². The van der Waals surface area contributed by atoms with Crippen molar-refractivity contribution in [1.29, 1.82) is 0 Å². The van der Waals surface area contributed by atoms with Crippen molar-refractivity contribution in [2.45, 2.75) is 71.4 Å². The Bertz CT molecular complexity index is 675. The molecular weight excluding hydrogens is 394 g/mol. The van der Waals surface area contributed by atoms with E-state index in [1.807, 2.05) is 32.9 Å². The van der Waals surface area contributed by atoms with Crippen molar-refractivity contribution in [2.24, 2.45) is 10.8 Å². The van der Waals surface area contributed by atoms with Crippen molar-refractivity contribution in [3.63, 3.8) is 0 Å². The number of halogens is 1. The number of rotatable bonds is 3. The first-order valence-electron chi connectivity index (χ1n) is 9.50. The van der Waals surface area contributed by atoms with Gasteiger partial charge in [-0.2, -0.15) is 0 Å². The second-order valence-electron chi connectivity index (χ2n) is 8.69. The molecule has 4 nitrogen and oxygen atoms in total. The number of amides is 1. The highest BCUT2D eigenvalue weighted by Gasteiger charge is 2.53. The number of hydrogen-bond donors (Lipinski definition) is 1. The molecule has 0 unspecified atom stereocenters. The van der Waals surface area contributed by atoms with Crippen LogP contribution >= 0.6 is 15.9 Å². The van der Waals surface area contributed by atoms with Crippen molar-refractivity contribution in [2.75, 3.05) is 0 Å². The minimum absolute atomic E-state index is 0.0775. The summed E-state index contributed by atoms with van der Waals surface area (Å²) in [4.78, 5) is 25.1. The Hall–Kier alpha value is -1.36. The maximum atomic E-state index is 12.6. The molecule has 2 fully saturated rings. The number of nitrogens with one attached hydrogen (secondary N) is 1. The van der Waals surface area contributed by atoms with Gasteiger partial charge in [-0.25, -0.2) is 4.79 Å². The van der Waals surface area contributed by atoms with Crippen LogP contribution in [-0.4, -0.2) is 24.0 Å². The van der Waals surface area contributed by atoms with Crippen LogP contribution in [0.4, 0.5) is 0 Å². The molecule has 2 aliphatic rings. The molecule has 2 saturated carbocycles. The molecule has 0 bridgehead atoms. The van der Waals surface area contributed by atoms with Crippen LogP contribution < -0.4 is 5.32 Å². The van der Waals surface area contributed by atoms with Crippen molar-refractivity contribution in [3.8, 4) is 0 Å². The van der Waals surface area contributed by atoms with E-state index in [-0.39, 0.29) is 29.4 Å². The fourth-order valence-corrected chi connectivity index (χ4v) is 4.66. The molecule has 142 valence electrons. The molecule has 0 saturated heterocycles. The minimum atomic E-state index is -0.411. The monoisotopic (exact) mass is 421 g/mol. The van der Waals surface area contributed by atoms with Crippen LogP contribution in [0.3, 0.4) is 0 Å². The number of benzene rings is 1. The summed E-state index contributed by atoms with van der Waals surface area (Å²) in [5, 5.41) is 3.27. The summed E-state index contributed by atoms with van der Waals surface area (Å²) in [6.07, 6.45) is 5.87. The van der Waals surface area contributed by atoms with Gasteiger partial charge in [0.05, 0.1) is 5.56 Å². The number of carbonyl (C=O) groups is 2. The lowest BCUT2D eigenvalue weighted by Gasteiger charge is -2.38. The van der Waals surface area contributed by atoms with Gasteiger partial charge in [0.25, 0.3) is 0 Å². The summed E-state index contributed by atoms with van der Waals surface area (Å²) in [6.45, 7) is 5.80. The van der Waals surface area contributed by atoms with Crippen LogP contribution in [0, 0.1) is 10.8 Å². The molecule has 3 rings (SSSR count). The fraction of sp³-hybridized carbons (Fsp3) is 0.619. The van der Waals surface area contributed by atoms with Crippen LogP contribution in [-0.2, 0) is 9.53 Å². The topological polar surface area (TPSA) is 55.4 Å². The SMILES string of the molecule is CC(C)(C)C(=O)N[C@H]1CCC[C@]12CCC[C@H]2OC(=O)c1ccc(Br)cc1. The molecule has 3 atom stereocenters. The average molecular weight is 422 g/mol. The fourth-order valence-electron chi connectivity index (χ4n) is 4.40. The summed E-state index contributed by atoms with van der Waals surface area (Å²) in [7, 11) is 0. The third kappa shape index (κ3) is 3.83. The number of carbonyl (C=O) groups excluding carboxylic acids is 2. The predicted octanol–water partition coefficient (Wildman–Crippen LogP) is 4.86. The Morgan fingerprint density at radius 2 is 1.73 bits per heavy atom. The lowest BCUT2D eigenvalue weighted by molar-refractivity contribution is -0.130. The van der Waals surface area contributed by atoms with Crippen molar-refractivity contribution in [1.82, 2.24) is 5.32 Å². The van der Waals surface area contributed by atoms with Crippen LogP contribution in [0.1, 0.15) is 69.7 Å². The number of esters is 1. The van der Waals surface area contributed by atoms with E-state index in [0.717, 1.165) is 43.0 Å². The Balaban J connectivity index is 1.74. The van der Waals surface area contributed by atoms with Gasteiger partial charge < -0.3 is 10.1 Å². The van der Waals surface area contributed by atoms with E-state index in [1.165, 1.54) is 0 Å². The van der Waals surface area contributed by atoms with E-state index in [2.05, 4.69) is 21.2 Å². The van der Waals surface area contributed by atoms with Crippen LogP contribution in [0.5, 0.6) is 0 Å². The molecule has 5 heteroatoms. The van der Waals surface area contributed by atoms with Gasteiger partial charge in [0.15, 0.2) is 0 Å². The zero-order chi connectivity index (χ0) is 18.9. The summed E-state index contributed by atoms with van der Waals surface area (Å²) in [6, 6.07) is 7.36. The number of ether oxygens (including phenoxy) is 1. The molecule has 0 aromatic heterocycles. The molecule has 1 aromatic carbocycles. The smallest absolute Gasteiger partial charge is 0.338 e. The third-order valence-electron chi connectivity index (χ3n) is 5.89. The average Bonchev–Trinajstić information content (AvgIpc) is 3.15. The summed E-state index contributed by atoms with van der Waals surface area (Å²) >= 11 is 3.39. The quantitative estimate of drug-likeness (QED) is 0.708. The Morgan fingerprint density at radius 3 is 2.35 bits per heavy atom. The molecule has 0 heterocycles. The summed E-state index contributed by atoms with van der Waals surface area (Å²) < 4.78 is 6.90. The second-order valence-corrected chi connectivity index (χ2v) is 9.61. The molecule has 0 aliphatic heterocycles. The third-order valence-corrected chi connectivity index (χ3v) is 6.42. The summed E-state index contributed by atoms with van der Waals surface area (Å²) in [5.41, 5.74) is 0.0568. The zero-order valence-electron chi connectivity index (χ0n) is 15.8. The van der Waals surface area contributed by atoms with Gasteiger partial charge in [-0.1, -0.05) is 43.1 Å². The minimum Gasteiger partial charge on any atom is -0.458 e. The largest absolute Gasteiger partial charge is 0.458 e. The first-order valence-corrected chi connectivity index (χ1v) is 10.3. The van der Waals surface area contributed by atoms with Crippen molar-refractivity contribution < 1.29 is 14.3 Å². The van der Waals surface area contributed by atoms with E-state index in [0.29, 0.717) is 5.56 Å². The highest BCUT2D eigenvalue weighted by Crippen LogP contribution is 2.52. The lowest BCUT2D eigenvalue weighted by Crippen LogP contribution is -2.51. The normalized spacial score (nSPS) is 28.3. The molecular formula is C21H28BrNO3. The standard InChI is InChI=1S/C21H28BrNO3/c1-20(2,3)19(25)23-16-6-4-12-21(16)13-5-7-17(21)26-18(24)14-8-10-15(22)11-9-14/h8-11,16-17H,4-7,12-13H2,1-3H3,(H,23,25)/t16-,17+,21-/m0/s1. The second kappa shape index (κ2) is 7.34. The Kier molecular flexibility index (Phi) is 5.48. The molecule has 26 heavy (non-hydrogen) atoms. The van der Waals surface area contributed by atoms with Gasteiger partial charge in [-0.15, -0.1) is 0 Å². The number of hydrogen-bond acceptors (Lipinski definition) is 3. The molecule has 1 N–H and O–H groups in total. The van der Waals surface area contributed by atoms with Crippen LogP contribution in [0.2, 0.25) is 0 Å². The maximum absolute atomic E-state index is 12.6. The Morgan fingerprint density at radius 1 is 1.12 bits per heavy atom. The van der Waals surface area contributed by atoms with Crippen LogP contribution in [0.15, 0.2) is 28.7 Å². The van der Waals surface area contributed by atoms with E-state index < -0.39 is 5.41 Å². The van der Waals surface area contributed by atoms with E-state index in [1.54, 1.807) is 12.1 Å². The van der Waals surface area contributed by atoms with Crippen LogP contribution in [0.25, 0.3) is 0 Å². The van der Waals surface area contributed by atoms with Gasteiger partial charge in [0.2, 0.25) is 5.91 Å². The lowest BCUT2D eigenvalue weighted by atomic mass is 9.78. The Labute approximate surface area is 164 Å². The highest BCUT2D eigenvalue weighted by atomic mass is 79.9. The van der Waals surface area contributed by atoms with Gasteiger partial charge in [0, 0.05) is 21.3 Å². The van der Waals surface area contributed by atoms with E-state index >= 15 is 0 Å². The molecule has 1 spiro atoms. The molecule has 1 amide bonds.